The van der Waals surface area contributed by atoms with Crippen molar-refractivity contribution in [2.45, 2.75) is 77.0 Å². The van der Waals surface area contributed by atoms with Gasteiger partial charge in [0.05, 0.1) is 12.2 Å². The number of hydrogen-bond donors (Lipinski definition) is 2. The molecule has 0 fully saturated rings. The van der Waals surface area contributed by atoms with Crippen molar-refractivity contribution in [3.05, 3.63) is 0 Å². The van der Waals surface area contributed by atoms with Crippen molar-refractivity contribution in [3.63, 3.8) is 0 Å². The van der Waals surface area contributed by atoms with Gasteiger partial charge in [-0.2, -0.15) is 0 Å². The molecule has 5 heteroatoms. The highest BCUT2D eigenvalue weighted by Crippen LogP contribution is 2.12. The third-order valence-electron chi connectivity index (χ3n) is 3.49. The van der Waals surface area contributed by atoms with Gasteiger partial charge in [-0.1, -0.05) is 12.3 Å². The van der Waals surface area contributed by atoms with Gasteiger partial charge in [-0.05, 0) is 47.0 Å². The van der Waals surface area contributed by atoms with E-state index in [9.17, 15) is 4.79 Å². The van der Waals surface area contributed by atoms with E-state index >= 15 is 0 Å². The summed E-state index contributed by atoms with van der Waals surface area (Å²) in [6.07, 6.45) is 5.16. The lowest BCUT2D eigenvalue weighted by Gasteiger charge is -2.30. The van der Waals surface area contributed by atoms with E-state index in [1.54, 1.807) is 0 Å². The maximum Gasteiger partial charge on any atom is 0.246 e. The van der Waals surface area contributed by atoms with E-state index in [4.69, 9.17) is 15.2 Å². The lowest BCUT2D eigenvalue weighted by atomic mass is 10.1. The number of hydrogen-bond acceptors (Lipinski definition) is 4. The Balaban J connectivity index is 2.27. The minimum absolute atomic E-state index is 0.0395. The fourth-order valence-electron chi connectivity index (χ4n) is 2.07. The Bertz CT molecular complexity index is 430. The Labute approximate surface area is 140 Å². The molecular formula is C18H32N2O3. The Hall–Kier alpha value is -1.09. The van der Waals surface area contributed by atoms with Crippen LogP contribution in [0.25, 0.3) is 0 Å². The van der Waals surface area contributed by atoms with Crippen LogP contribution in [0, 0.1) is 11.8 Å². The number of carbonyl (C=O) groups is 1. The maximum atomic E-state index is 11.9. The molecule has 1 aliphatic rings. The SMILES string of the molecule is CC(C)(N)COC(C)(C)CNC(=O)COC1C#CCCCCC1. The molecule has 1 aliphatic carbocycles. The average Bonchev–Trinajstić information content (AvgIpc) is 2.41. The molecule has 0 aromatic rings. The summed E-state index contributed by atoms with van der Waals surface area (Å²) >= 11 is 0. The molecule has 0 heterocycles. The van der Waals surface area contributed by atoms with Crippen LogP contribution in [0.2, 0.25) is 0 Å². The summed E-state index contributed by atoms with van der Waals surface area (Å²) in [4.78, 5) is 11.9. The van der Waals surface area contributed by atoms with E-state index in [-0.39, 0.29) is 24.2 Å². The summed E-state index contributed by atoms with van der Waals surface area (Å²) in [7, 11) is 0. The van der Waals surface area contributed by atoms with Gasteiger partial charge >= 0.3 is 0 Å². The zero-order chi connectivity index (χ0) is 17.3. The number of carbonyl (C=O) groups excluding carboxylic acids is 1. The molecule has 5 nitrogen and oxygen atoms in total. The van der Waals surface area contributed by atoms with E-state index < -0.39 is 5.60 Å². The second-order valence-corrected chi connectivity index (χ2v) is 7.53. The van der Waals surface area contributed by atoms with Gasteiger partial charge in [0.15, 0.2) is 0 Å². The van der Waals surface area contributed by atoms with Crippen molar-refractivity contribution >= 4 is 5.91 Å². The van der Waals surface area contributed by atoms with Gasteiger partial charge in [-0.25, -0.2) is 0 Å². The number of rotatable bonds is 8. The molecule has 1 atom stereocenters. The molecule has 0 aromatic heterocycles. The normalized spacial score (nSPS) is 19.3. The fraction of sp³-hybridized carbons (Fsp3) is 0.833. The molecule has 132 valence electrons. The van der Waals surface area contributed by atoms with Crippen LogP contribution >= 0.6 is 0 Å². The molecule has 0 bridgehead atoms. The maximum absolute atomic E-state index is 11.9. The minimum atomic E-state index is -0.466. The molecule has 0 saturated heterocycles. The first kappa shape index (κ1) is 20.0. The van der Waals surface area contributed by atoms with Crippen LogP contribution in [0.1, 0.15) is 59.8 Å². The van der Waals surface area contributed by atoms with Gasteiger partial charge in [0.2, 0.25) is 5.91 Å². The highest BCUT2D eigenvalue weighted by Gasteiger charge is 2.23. The third-order valence-corrected chi connectivity index (χ3v) is 3.49. The van der Waals surface area contributed by atoms with Gasteiger partial charge < -0.3 is 20.5 Å². The first-order valence-corrected chi connectivity index (χ1v) is 8.47. The summed E-state index contributed by atoms with van der Waals surface area (Å²) in [5.74, 6) is 6.06. The molecule has 1 rings (SSSR count). The molecule has 0 spiro atoms. The third kappa shape index (κ3) is 10.3. The molecule has 0 saturated carbocycles. The number of nitrogens with two attached hydrogens (primary N) is 1. The van der Waals surface area contributed by atoms with Gasteiger partial charge in [0, 0.05) is 18.5 Å². The van der Waals surface area contributed by atoms with E-state index in [1.807, 2.05) is 27.7 Å². The second-order valence-electron chi connectivity index (χ2n) is 7.53. The molecule has 1 amide bonds. The predicted molar refractivity (Wildman–Crippen MR) is 91.9 cm³/mol. The smallest absolute Gasteiger partial charge is 0.246 e. The zero-order valence-corrected chi connectivity index (χ0v) is 15.0. The Morgan fingerprint density at radius 3 is 2.70 bits per heavy atom. The predicted octanol–water partition coefficient (Wildman–Crippen LogP) is 1.99. The molecular weight excluding hydrogens is 292 g/mol. The highest BCUT2D eigenvalue weighted by molar-refractivity contribution is 5.77. The van der Waals surface area contributed by atoms with Gasteiger partial charge in [-0.15, -0.1) is 5.92 Å². The van der Waals surface area contributed by atoms with Crippen molar-refractivity contribution in [1.82, 2.24) is 5.32 Å². The summed E-state index contributed by atoms with van der Waals surface area (Å²) in [5, 5.41) is 2.85. The largest absolute Gasteiger partial charge is 0.372 e. The number of amides is 1. The summed E-state index contributed by atoms with van der Waals surface area (Å²) < 4.78 is 11.4. The van der Waals surface area contributed by atoms with Crippen molar-refractivity contribution in [2.75, 3.05) is 19.8 Å². The zero-order valence-electron chi connectivity index (χ0n) is 15.0. The molecule has 1 unspecified atom stereocenters. The summed E-state index contributed by atoms with van der Waals surface area (Å²) in [6.45, 7) is 8.57. The molecule has 3 N–H and O–H groups in total. The van der Waals surface area contributed by atoms with Crippen molar-refractivity contribution in [1.29, 1.82) is 0 Å². The lowest BCUT2D eigenvalue weighted by molar-refractivity contribution is -0.128. The number of ether oxygens (including phenoxy) is 2. The van der Waals surface area contributed by atoms with E-state index in [0.29, 0.717) is 13.2 Å². The fourth-order valence-corrected chi connectivity index (χ4v) is 2.07. The van der Waals surface area contributed by atoms with Crippen LogP contribution in [0.5, 0.6) is 0 Å². The van der Waals surface area contributed by atoms with Crippen LogP contribution in [0.4, 0.5) is 0 Å². The molecule has 0 aliphatic heterocycles. The van der Waals surface area contributed by atoms with E-state index in [2.05, 4.69) is 17.2 Å². The lowest BCUT2D eigenvalue weighted by Crippen LogP contribution is -2.46. The molecule has 0 aromatic carbocycles. The second kappa shape index (κ2) is 9.27. The monoisotopic (exact) mass is 324 g/mol. The highest BCUT2D eigenvalue weighted by atomic mass is 16.5. The average molecular weight is 324 g/mol. The molecule has 23 heavy (non-hydrogen) atoms. The van der Waals surface area contributed by atoms with Gasteiger partial charge in [-0.3, -0.25) is 4.79 Å². The minimum Gasteiger partial charge on any atom is -0.372 e. The quantitative estimate of drug-likeness (QED) is 0.670. The van der Waals surface area contributed by atoms with Crippen LogP contribution in [-0.4, -0.2) is 42.9 Å². The number of nitrogens with one attached hydrogen (secondary N) is 1. The first-order chi connectivity index (χ1) is 10.7. The van der Waals surface area contributed by atoms with E-state index in [1.165, 1.54) is 6.42 Å². The van der Waals surface area contributed by atoms with E-state index in [0.717, 1.165) is 25.7 Å². The van der Waals surface area contributed by atoms with Crippen molar-refractivity contribution in [2.24, 2.45) is 5.73 Å². The van der Waals surface area contributed by atoms with Crippen LogP contribution in [-0.2, 0) is 14.3 Å². The summed E-state index contributed by atoms with van der Waals surface area (Å²) in [5.41, 5.74) is 5.05. The van der Waals surface area contributed by atoms with Crippen LogP contribution < -0.4 is 11.1 Å². The van der Waals surface area contributed by atoms with Crippen molar-refractivity contribution < 1.29 is 14.3 Å². The van der Waals surface area contributed by atoms with Crippen LogP contribution in [0.15, 0.2) is 0 Å². The van der Waals surface area contributed by atoms with Gasteiger partial charge in [0.25, 0.3) is 0 Å². The first-order valence-electron chi connectivity index (χ1n) is 8.47. The van der Waals surface area contributed by atoms with Crippen molar-refractivity contribution in [3.8, 4) is 11.8 Å². The topological polar surface area (TPSA) is 73.6 Å². The Kier molecular flexibility index (Phi) is 8.04. The Morgan fingerprint density at radius 1 is 1.26 bits per heavy atom. The summed E-state index contributed by atoms with van der Waals surface area (Å²) in [6, 6.07) is 0. The standard InChI is InChI=1S/C18H32N2O3/c1-17(2,19)14-23-18(3,4)13-20-16(21)12-22-15-10-8-6-5-7-9-11-15/h15H,5-8,10,12-14,19H2,1-4H3,(H,20,21). The molecule has 0 radical (unpaired) electrons. The van der Waals surface area contributed by atoms with Crippen LogP contribution in [0.3, 0.4) is 0 Å². The van der Waals surface area contributed by atoms with Gasteiger partial charge in [0.1, 0.15) is 12.7 Å². The Morgan fingerprint density at radius 2 is 2.00 bits per heavy atom.